The molecule has 3 rings (SSSR count). The monoisotopic (exact) mass is 276 g/mol. The summed E-state index contributed by atoms with van der Waals surface area (Å²) < 4.78 is 11.2. The van der Waals surface area contributed by atoms with Gasteiger partial charge in [-0.05, 0) is 55.2 Å². The Morgan fingerprint density at radius 1 is 1.20 bits per heavy atom. The highest BCUT2D eigenvalue weighted by Crippen LogP contribution is 2.44. The van der Waals surface area contributed by atoms with Crippen LogP contribution in [0, 0.1) is 11.8 Å². The Labute approximate surface area is 120 Å². The second-order valence-corrected chi connectivity index (χ2v) is 6.49. The van der Waals surface area contributed by atoms with Crippen molar-refractivity contribution < 1.29 is 14.6 Å². The van der Waals surface area contributed by atoms with Crippen LogP contribution in [0.5, 0.6) is 11.5 Å². The molecule has 110 valence electrons. The molecule has 0 saturated heterocycles. The van der Waals surface area contributed by atoms with Gasteiger partial charge in [-0.15, -0.1) is 0 Å². The van der Waals surface area contributed by atoms with E-state index in [2.05, 4.69) is 13.8 Å². The van der Waals surface area contributed by atoms with Crippen LogP contribution in [0.25, 0.3) is 0 Å². The topological polar surface area (TPSA) is 38.7 Å². The third-order valence-electron chi connectivity index (χ3n) is 4.79. The molecule has 0 radical (unpaired) electrons. The number of benzene rings is 1. The highest BCUT2D eigenvalue weighted by Gasteiger charge is 2.37. The SMILES string of the molecule is CC(C)C1CCCC(O)(c2ccc3c(c2)OCCO3)C1. The molecular formula is C17H24O3. The molecule has 1 aromatic rings. The lowest BCUT2D eigenvalue weighted by Gasteiger charge is -2.39. The van der Waals surface area contributed by atoms with E-state index < -0.39 is 5.60 Å². The first-order valence-corrected chi connectivity index (χ1v) is 7.71. The zero-order valence-corrected chi connectivity index (χ0v) is 12.4. The lowest BCUT2D eigenvalue weighted by Crippen LogP contribution is -2.34. The van der Waals surface area contributed by atoms with E-state index in [0.29, 0.717) is 25.0 Å². The van der Waals surface area contributed by atoms with Gasteiger partial charge >= 0.3 is 0 Å². The van der Waals surface area contributed by atoms with E-state index in [9.17, 15) is 5.11 Å². The van der Waals surface area contributed by atoms with Gasteiger partial charge in [0, 0.05) is 0 Å². The van der Waals surface area contributed by atoms with Crippen molar-refractivity contribution in [3.63, 3.8) is 0 Å². The molecule has 2 atom stereocenters. The number of rotatable bonds is 2. The van der Waals surface area contributed by atoms with Gasteiger partial charge in [0.05, 0.1) is 5.60 Å². The van der Waals surface area contributed by atoms with E-state index in [-0.39, 0.29) is 0 Å². The van der Waals surface area contributed by atoms with Crippen molar-refractivity contribution in [2.24, 2.45) is 11.8 Å². The van der Waals surface area contributed by atoms with E-state index >= 15 is 0 Å². The van der Waals surface area contributed by atoms with Crippen LogP contribution < -0.4 is 9.47 Å². The van der Waals surface area contributed by atoms with Gasteiger partial charge in [0.25, 0.3) is 0 Å². The van der Waals surface area contributed by atoms with Crippen molar-refractivity contribution in [2.45, 2.75) is 45.1 Å². The molecule has 1 fully saturated rings. The quantitative estimate of drug-likeness (QED) is 0.898. The van der Waals surface area contributed by atoms with Crippen LogP contribution in [0.3, 0.4) is 0 Å². The molecule has 20 heavy (non-hydrogen) atoms. The Balaban J connectivity index is 1.87. The number of hydrogen-bond acceptors (Lipinski definition) is 3. The molecular weight excluding hydrogens is 252 g/mol. The van der Waals surface area contributed by atoms with Gasteiger partial charge in [0.15, 0.2) is 11.5 Å². The van der Waals surface area contributed by atoms with Crippen LogP contribution in [0.2, 0.25) is 0 Å². The Bertz CT molecular complexity index is 483. The summed E-state index contributed by atoms with van der Waals surface area (Å²) >= 11 is 0. The van der Waals surface area contributed by atoms with Gasteiger partial charge in [-0.1, -0.05) is 19.9 Å². The maximum Gasteiger partial charge on any atom is 0.161 e. The molecule has 1 heterocycles. The van der Waals surface area contributed by atoms with E-state index in [1.165, 1.54) is 6.42 Å². The summed E-state index contributed by atoms with van der Waals surface area (Å²) in [4.78, 5) is 0. The van der Waals surface area contributed by atoms with Crippen molar-refractivity contribution in [1.82, 2.24) is 0 Å². The Kier molecular flexibility index (Phi) is 3.63. The predicted molar refractivity (Wildman–Crippen MR) is 78.1 cm³/mol. The molecule has 1 saturated carbocycles. The normalized spacial score (nSPS) is 29.5. The zero-order chi connectivity index (χ0) is 14.2. The highest BCUT2D eigenvalue weighted by molar-refractivity contribution is 5.45. The summed E-state index contributed by atoms with van der Waals surface area (Å²) in [7, 11) is 0. The fourth-order valence-electron chi connectivity index (χ4n) is 3.46. The molecule has 0 amide bonds. The summed E-state index contributed by atoms with van der Waals surface area (Å²) in [5.74, 6) is 2.79. The average Bonchev–Trinajstić information content (AvgIpc) is 2.47. The van der Waals surface area contributed by atoms with E-state index in [4.69, 9.17) is 9.47 Å². The molecule has 0 aromatic heterocycles. The van der Waals surface area contributed by atoms with Crippen molar-refractivity contribution in [1.29, 1.82) is 0 Å². The molecule has 2 unspecified atom stereocenters. The maximum atomic E-state index is 11.1. The Morgan fingerprint density at radius 2 is 1.95 bits per heavy atom. The van der Waals surface area contributed by atoms with Gasteiger partial charge in [0.1, 0.15) is 13.2 Å². The summed E-state index contributed by atoms with van der Waals surface area (Å²) in [6, 6.07) is 5.90. The molecule has 3 nitrogen and oxygen atoms in total. The first-order valence-electron chi connectivity index (χ1n) is 7.71. The Hall–Kier alpha value is -1.22. The lowest BCUT2D eigenvalue weighted by molar-refractivity contribution is -0.0298. The summed E-state index contributed by atoms with van der Waals surface area (Å²) in [6.07, 6.45) is 4.01. The minimum absolute atomic E-state index is 0.587. The van der Waals surface area contributed by atoms with Crippen LogP contribution in [0.15, 0.2) is 18.2 Å². The molecule has 0 spiro atoms. The second-order valence-electron chi connectivity index (χ2n) is 6.49. The van der Waals surface area contributed by atoms with Crippen molar-refractivity contribution in [3.05, 3.63) is 23.8 Å². The van der Waals surface area contributed by atoms with Crippen molar-refractivity contribution in [2.75, 3.05) is 13.2 Å². The fourth-order valence-corrected chi connectivity index (χ4v) is 3.46. The molecule has 2 aliphatic rings. The number of ether oxygens (including phenoxy) is 2. The fraction of sp³-hybridized carbons (Fsp3) is 0.647. The van der Waals surface area contributed by atoms with Crippen LogP contribution in [0.4, 0.5) is 0 Å². The smallest absolute Gasteiger partial charge is 0.161 e. The zero-order valence-electron chi connectivity index (χ0n) is 12.4. The lowest BCUT2D eigenvalue weighted by atomic mass is 9.71. The van der Waals surface area contributed by atoms with E-state index in [0.717, 1.165) is 36.3 Å². The third-order valence-corrected chi connectivity index (χ3v) is 4.79. The average molecular weight is 276 g/mol. The number of fused-ring (bicyclic) bond motifs is 1. The largest absolute Gasteiger partial charge is 0.486 e. The first-order chi connectivity index (χ1) is 9.58. The van der Waals surface area contributed by atoms with Crippen molar-refractivity contribution in [3.8, 4) is 11.5 Å². The maximum absolute atomic E-state index is 11.1. The summed E-state index contributed by atoms with van der Waals surface area (Å²) in [5, 5.41) is 11.1. The highest BCUT2D eigenvalue weighted by atomic mass is 16.6. The minimum Gasteiger partial charge on any atom is -0.486 e. The van der Waals surface area contributed by atoms with Gasteiger partial charge in [-0.2, -0.15) is 0 Å². The summed E-state index contributed by atoms with van der Waals surface area (Å²) in [6.45, 7) is 5.69. The number of aliphatic hydroxyl groups is 1. The second kappa shape index (κ2) is 5.28. The van der Waals surface area contributed by atoms with Crippen LogP contribution >= 0.6 is 0 Å². The van der Waals surface area contributed by atoms with Gasteiger partial charge < -0.3 is 14.6 Å². The molecule has 1 aromatic carbocycles. The Morgan fingerprint density at radius 3 is 2.70 bits per heavy atom. The van der Waals surface area contributed by atoms with Crippen molar-refractivity contribution >= 4 is 0 Å². The standard InChI is InChI=1S/C17H24O3/c1-12(2)13-4-3-7-17(18,11-13)14-5-6-15-16(10-14)20-9-8-19-15/h5-6,10,12-13,18H,3-4,7-9,11H2,1-2H3. The van der Waals surface area contributed by atoms with Crippen LogP contribution in [-0.2, 0) is 5.60 Å². The number of hydrogen-bond donors (Lipinski definition) is 1. The molecule has 0 bridgehead atoms. The predicted octanol–water partition coefficient (Wildman–Crippen LogP) is 3.49. The van der Waals surface area contributed by atoms with Gasteiger partial charge in [-0.3, -0.25) is 0 Å². The molecule has 1 aliphatic heterocycles. The van der Waals surface area contributed by atoms with Crippen LogP contribution in [0.1, 0.15) is 45.1 Å². The summed E-state index contributed by atoms with van der Waals surface area (Å²) in [5.41, 5.74) is 0.273. The molecule has 1 aliphatic carbocycles. The van der Waals surface area contributed by atoms with Gasteiger partial charge in [0.2, 0.25) is 0 Å². The van der Waals surface area contributed by atoms with E-state index in [1.54, 1.807) is 0 Å². The molecule has 3 heteroatoms. The van der Waals surface area contributed by atoms with E-state index in [1.807, 2.05) is 18.2 Å². The molecule has 1 N–H and O–H groups in total. The van der Waals surface area contributed by atoms with Crippen LogP contribution in [-0.4, -0.2) is 18.3 Å². The van der Waals surface area contributed by atoms with Gasteiger partial charge in [-0.25, -0.2) is 0 Å². The third kappa shape index (κ3) is 2.51. The minimum atomic E-state index is -0.705. The first kappa shape index (κ1) is 13.7.